The lowest BCUT2D eigenvalue weighted by atomic mass is 10.0. The SMILES string of the molecule is CCN(SC(Cl)C(Cl)(Cl)Cl)S(=O)(=O)C1CCCCC1. The van der Waals surface area contributed by atoms with Gasteiger partial charge in [0.05, 0.1) is 5.25 Å². The van der Waals surface area contributed by atoms with E-state index in [2.05, 4.69) is 0 Å². The second-order valence-corrected chi connectivity index (χ2v) is 10.9. The fraction of sp³-hybridized carbons (Fsp3) is 1.00. The number of halogens is 4. The molecule has 1 aliphatic rings. The fourth-order valence-corrected chi connectivity index (χ4v) is 6.00. The van der Waals surface area contributed by atoms with Gasteiger partial charge in [0.15, 0.2) is 0 Å². The summed E-state index contributed by atoms with van der Waals surface area (Å²) < 4.78 is 23.6. The molecule has 114 valence electrons. The Kier molecular flexibility index (Phi) is 7.40. The van der Waals surface area contributed by atoms with Gasteiger partial charge in [-0.15, -0.1) is 15.3 Å². The Hall–Kier alpha value is 1.42. The Bertz CT molecular complexity index is 379. The lowest BCUT2D eigenvalue weighted by molar-refractivity contribution is 0.463. The van der Waals surface area contributed by atoms with Crippen LogP contribution in [-0.2, 0) is 10.0 Å². The summed E-state index contributed by atoms with van der Waals surface area (Å²) in [6.07, 6.45) is 4.37. The highest BCUT2D eigenvalue weighted by Gasteiger charge is 2.39. The zero-order chi connectivity index (χ0) is 14.7. The smallest absolute Gasteiger partial charge is 0.211 e. The highest BCUT2D eigenvalue weighted by Crippen LogP contribution is 2.42. The van der Waals surface area contributed by atoms with E-state index in [9.17, 15) is 8.42 Å². The van der Waals surface area contributed by atoms with Gasteiger partial charge in [0.25, 0.3) is 0 Å². The Morgan fingerprint density at radius 1 is 1.26 bits per heavy atom. The van der Waals surface area contributed by atoms with Crippen molar-refractivity contribution in [2.45, 2.75) is 52.8 Å². The van der Waals surface area contributed by atoms with Crippen molar-refractivity contribution in [2.24, 2.45) is 0 Å². The van der Waals surface area contributed by atoms with Crippen LogP contribution < -0.4 is 0 Å². The third-order valence-electron chi connectivity index (χ3n) is 2.98. The van der Waals surface area contributed by atoms with Crippen molar-refractivity contribution >= 4 is 68.4 Å². The quantitative estimate of drug-likeness (QED) is 0.511. The van der Waals surface area contributed by atoms with Crippen molar-refractivity contribution in [3.63, 3.8) is 0 Å². The van der Waals surface area contributed by atoms with Crippen LogP contribution in [0.1, 0.15) is 39.0 Å². The molecule has 0 spiro atoms. The fourth-order valence-electron chi connectivity index (χ4n) is 2.01. The van der Waals surface area contributed by atoms with Crippen LogP contribution in [0.2, 0.25) is 0 Å². The third kappa shape index (κ3) is 5.28. The molecule has 1 rings (SSSR count). The van der Waals surface area contributed by atoms with Crippen molar-refractivity contribution < 1.29 is 8.42 Å². The Balaban J connectivity index is 2.77. The molecular weight excluding hydrogens is 372 g/mol. The molecule has 1 atom stereocenters. The van der Waals surface area contributed by atoms with Gasteiger partial charge in [0, 0.05) is 6.54 Å². The van der Waals surface area contributed by atoms with Crippen LogP contribution in [0.15, 0.2) is 0 Å². The average molecular weight is 389 g/mol. The lowest BCUT2D eigenvalue weighted by Gasteiger charge is -2.30. The topological polar surface area (TPSA) is 37.4 Å². The van der Waals surface area contributed by atoms with Gasteiger partial charge in [-0.05, 0) is 24.8 Å². The zero-order valence-electron chi connectivity index (χ0n) is 10.5. The van der Waals surface area contributed by atoms with Crippen molar-refractivity contribution in [3.8, 4) is 0 Å². The van der Waals surface area contributed by atoms with E-state index in [1.165, 1.54) is 3.71 Å². The van der Waals surface area contributed by atoms with Gasteiger partial charge in [-0.2, -0.15) is 0 Å². The van der Waals surface area contributed by atoms with E-state index in [1.807, 2.05) is 0 Å². The van der Waals surface area contributed by atoms with Gasteiger partial charge in [-0.25, -0.2) is 8.42 Å². The van der Waals surface area contributed by atoms with Crippen LogP contribution in [0.3, 0.4) is 0 Å². The summed E-state index contributed by atoms with van der Waals surface area (Å²) in [5.41, 5.74) is 0. The number of hydrogen-bond acceptors (Lipinski definition) is 3. The molecule has 0 aliphatic heterocycles. The molecule has 0 saturated heterocycles. The second kappa shape index (κ2) is 7.61. The summed E-state index contributed by atoms with van der Waals surface area (Å²) >= 11 is 23.8. The van der Waals surface area contributed by atoms with Crippen LogP contribution >= 0.6 is 58.4 Å². The molecule has 1 saturated carbocycles. The van der Waals surface area contributed by atoms with Crippen LogP contribution in [0.25, 0.3) is 0 Å². The van der Waals surface area contributed by atoms with E-state index in [4.69, 9.17) is 46.4 Å². The highest BCUT2D eigenvalue weighted by molar-refractivity contribution is 8.09. The van der Waals surface area contributed by atoms with E-state index in [1.54, 1.807) is 6.92 Å². The number of nitrogens with zero attached hydrogens (tertiary/aromatic N) is 1. The molecule has 0 aromatic heterocycles. The minimum Gasteiger partial charge on any atom is -0.211 e. The second-order valence-electron chi connectivity index (χ2n) is 4.39. The Labute approximate surface area is 139 Å². The van der Waals surface area contributed by atoms with Gasteiger partial charge in [0.2, 0.25) is 13.8 Å². The highest BCUT2D eigenvalue weighted by atomic mass is 35.6. The molecule has 0 bridgehead atoms. The molecule has 1 fully saturated rings. The monoisotopic (exact) mass is 387 g/mol. The van der Waals surface area contributed by atoms with E-state index < -0.39 is 18.5 Å². The van der Waals surface area contributed by atoms with E-state index in [0.717, 1.165) is 31.2 Å². The maximum absolute atomic E-state index is 12.5. The molecule has 0 amide bonds. The number of hydrogen-bond donors (Lipinski definition) is 0. The maximum Gasteiger partial charge on any atom is 0.226 e. The Morgan fingerprint density at radius 2 is 1.79 bits per heavy atom. The standard InChI is InChI=1S/C10H17Cl4NO2S2/c1-2-15(18-9(11)10(12,13)14)19(16,17)8-6-4-3-5-7-8/h8-9H,2-7H2,1H3. The van der Waals surface area contributed by atoms with Crippen LogP contribution in [0.5, 0.6) is 0 Å². The molecule has 0 aromatic carbocycles. The summed E-state index contributed by atoms with van der Waals surface area (Å²) in [7, 11) is -3.39. The normalized spacial score (nSPS) is 20.7. The van der Waals surface area contributed by atoms with Gasteiger partial charge in [0.1, 0.15) is 4.71 Å². The van der Waals surface area contributed by atoms with Crippen molar-refractivity contribution in [1.82, 2.24) is 3.71 Å². The Morgan fingerprint density at radius 3 is 2.21 bits per heavy atom. The molecule has 19 heavy (non-hydrogen) atoms. The number of sulfonamides is 1. The minimum atomic E-state index is -3.39. The molecule has 1 unspecified atom stereocenters. The van der Waals surface area contributed by atoms with Gasteiger partial charge in [-0.3, -0.25) is 0 Å². The molecule has 1 aliphatic carbocycles. The van der Waals surface area contributed by atoms with Crippen molar-refractivity contribution in [1.29, 1.82) is 0 Å². The number of rotatable bonds is 5. The molecule has 3 nitrogen and oxygen atoms in total. The van der Waals surface area contributed by atoms with Gasteiger partial charge >= 0.3 is 0 Å². The van der Waals surface area contributed by atoms with Gasteiger partial charge in [-0.1, -0.05) is 61.0 Å². The molecule has 9 heteroatoms. The predicted octanol–water partition coefficient (Wildman–Crippen LogP) is 4.55. The summed E-state index contributed by atoms with van der Waals surface area (Å²) in [6, 6.07) is 0. The first kappa shape index (κ1) is 18.5. The van der Waals surface area contributed by atoms with Crippen LogP contribution in [0.4, 0.5) is 0 Å². The van der Waals surface area contributed by atoms with E-state index in [-0.39, 0.29) is 5.25 Å². The largest absolute Gasteiger partial charge is 0.226 e. The number of alkyl halides is 4. The van der Waals surface area contributed by atoms with Crippen molar-refractivity contribution in [2.75, 3.05) is 6.54 Å². The molecule has 0 heterocycles. The molecule has 0 radical (unpaired) electrons. The zero-order valence-corrected chi connectivity index (χ0v) is 15.1. The van der Waals surface area contributed by atoms with Crippen molar-refractivity contribution in [3.05, 3.63) is 0 Å². The summed E-state index contributed by atoms with van der Waals surface area (Å²) in [5.74, 6) is 0. The van der Waals surface area contributed by atoms with E-state index >= 15 is 0 Å². The molecular formula is C10H17Cl4NO2S2. The molecule has 0 aromatic rings. The lowest BCUT2D eigenvalue weighted by Crippen LogP contribution is -2.37. The van der Waals surface area contributed by atoms with Crippen LogP contribution in [0, 0.1) is 0 Å². The predicted molar refractivity (Wildman–Crippen MR) is 85.7 cm³/mol. The average Bonchev–Trinajstić information content (AvgIpc) is 2.35. The minimum absolute atomic E-state index is 0.299. The van der Waals surface area contributed by atoms with E-state index in [0.29, 0.717) is 19.4 Å². The summed E-state index contributed by atoms with van der Waals surface area (Å²) in [6.45, 7) is 2.04. The first-order valence-electron chi connectivity index (χ1n) is 6.08. The van der Waals surface area contributed by atoms with Gasteiger partial charge < -0.3 is 0 Å². The summed E-state index contributed by atoms with van der Waals surface area (Å²) in [5, 5.41) is -0.340. The maximum atomic E-state index is 12.5. The first-order chi connectivity index (χ1) is 8.69. The third-order valence-corrected chi connectivity index (χ3v) is 8.98. The molecule has 0 N–H and O–H groups in total. The summed E-state index contributed by atoms with van der Waals surface area (Å²) in [4.78, 5) is 0. The first-order valence-corrected chi connectivity index (χ1v) is 9.99. The van der Waals surface area contributed by atoms with Crippen LogP contribution in [-0.4, -0.2) is 32.4 Å².